The Kier molecular flexibility index (Phi) is 3.72. The van der Waals surface area contributed by atoms with Crippen molar-refractivity contribution in [3.63, 3.8) is 0 Å². The summed E-state index contributed by atoms with van der Waals surface area (Å²) in [4.78, 5) is 5.39. The van der Waals surface area contributed by atoms with Gasteiger partial charge in [-0.3, -0.25) is 0 Å². The maximum atomic E-state index is 3.30. The van der Waals surface area contributed by atoms with E-state index in [-0.39, 0.29) is 5.54 Å². The third-order valence-corrected chi connectivity index (χ3v) is 2.46. The Labute approximate surface area is 86.5 Å². The summed E-state index contributed by atoms with van der Waals surface area (Å²) < 4.78 is 0. The van der Waals surface area contributed by atoms with Gasteiger partial charge in [0.05, 0.1) is 0 Å². The first kappa shape index (κ1) is 11.3. The van der Waals surface area contributed by atoms with Crippen molar-refractivity contribution in [1.29, 1.82) is 0 Å². The predicted octanol–water partition coefficient (Wildman–Crippen LogP) is 1.44. The standard InChI is InChI=1S/C11H21N3/c1-11(2,12-3)9-14(4)8-10-5-6-13-7-10/h5-7,12-13H,8-9H2,1-4H3. The Morgan fingerprint density at radius 2 is 2.21 bits per heavy atom. The fraction of sp³-hybridized carbons (Fsp3) is 0.636. The topological polar surface area (TPSA) is 31.1 Å². The Morgan fingerprint density at radius 1 is 1.50 bits per heavy atom. The van der Waals surface area contributed by atoms with Gasteiger partial charge in [-0.15, -0.1) is 0 Å². The minimum atomic E-state index is 0.172. The zero-order chi connectivity index (χ0) is 10.6. The summed E-state index contributed by atoms with van der Waals surface area (Å²) >= 11 is 0. The Bertz CT molecular complexity index is 252. The second-order valence-electron chi connectivity index (χ2n) is 4.53. The summed E-state index contributed by atoms with van der Waals surface area (Å²) in [7, 11) is 4.15. The molecule has 0 unspecified atom stereocenters. The molecule has 0 fully saturated rings. The molecule has 0 amide bonds. The van der Waals surface area contributed by atoms with Crippen LogP contribution in [-0.4, -0.2) is 36.1 Å². The van der Waals surface area contributed by atoms with Crippen LogP contribution in [0.15, 0.2) is 18.5 Å². The molecule has 0 atom stereocenters. The molecular formula is C11H21N3. The zero-order valence-electron chi connectivity index (χ0n) is 9.59. The second kappa shape index (κ2) is 4.62. The summed E-state index contributed by atoms with van der Waals surface area (Å²) in [6, 6.07) is 2.11. The number of likely N-dealkylation sites (N-methyl/N-ethyl adjacent to an activating group) is 2. The SMILES string of the molecule is CNC(C)(C)CN(C)Cc1cc[nH]c1. The number of aromatic amines is 1. The van der Waals surface area contributed by atoms with Gasteiger partial charge in [0.25, 0.3) is 0 Å². The van der Waals surface area contributed by atoms with Crippen LogP contribution in [-0.2, 0) is 6.54 Å². The van der Waals surface area contributed by atoms with Crippen LogP contribution in [0.1, 0.15) is 19.4 Å². The van der Waals surface area contributed by atoms with Gasteiger partial charge in [0.15, 0.2) is 0 Å². The van der Waals surface area contributed by atoms with Crippen LogP contribution < -0.4 is 5.32 Å². The van der Waals surface area contributed by atoms with Gasteiger partial charge in [0, 0.05) is 31.0 Å². The van der Waals surface area contributed by atoms with Crippen molar-refractivity contribution >= 4 is 0 Å². The molecule has 0 spiro atoms. The highest BCUT2D eigenvalue weighted by molar-refractivity contribution is 5.07. The molecule has 3 heteroatoms. The molecule has 2 N–H and O–H groups in total. The number of nitrogens with zero attached hydrogens (tertiary/aromatic N) is 1. The molecule has 3 nitrogen and oxygen atoms in total. The smallest absolute Gasteiger partial charge is 0.0249 e. The van der Waals surface area contributed by atoms with Crippen molar-refractivity contribution in [2.24, 2.45) is 0 Å². The van der Waals surface area contributed by atoms with Crippen LogP contribution >= 0.6 is 0 Å². The molecule has 0 aliphatic rings. The lowest BCUT2D eigenvalue weighted by Crippen LogP contribution is -2.45. The average molecular weight is 195 g/mol. The Hall–Kier alpha value is -0.800. The van der Waals surface area contributed by atoms with E-state index < -0.39 is 0 Å². The highest BCUT2D eigenvalue weighted by Crippen LogP contribution is 2.07. The van der Waals surface area contributed by atoms with E-state index in [1.54, 1.807) is 0 Å². The number of nitrogens with one attached hydrogen (secondary N) is 2. The Morgan fingerprint density at radius 3 is 2.71 bits per heavy atom. The molecule has 0 aliphatic carbocycles. The molecule has 1 rings (SSSR count). The molecular weight excluding hydrogens is 174 g/mol. The van der Waals surface area contributed by atoms with Crippen LogP contribution in [0.3, 0.4) is 0 Å². The molecule has 80 valence electrons. The van der Waals surface area contributed by atoms with E-state index in [0.717, 1.165) is 13.1 Å². The lowest BCUT2D eigenvalue weighted by atomic mass is 10.1. The number of H-pyrrole nitrogens is 1. The first-order valence-electron chi connectivity index (χ1n) is 5.02. The average Bonchev–Trinajstić information content (AvgIpc) is 2.55. The molecule has 1 aromatic rings. The van der Waals surface area contributed by atoms with E-state index in [1.165, 1.54) is 5.56 Å². The quantitative estimate of drug-likeness (QED) is 0.745. The molecule has 1 aromatic heterocycles. The normalized spacial score (nSPS) is 12.4. The molecule has 0 saturated carbocycles. The molecule has 0 saturated heterocycles. The van der Waals surface area contributed by atoms with Crippen molar-refractivity contribution in [2.45, 2.75) is 25.9 Å². The van der Waals surface area contributed by atoms with Gasteiger partial charge < -0.3 is 15.2 Å². The summed E-state index contributed by atoms with van der Waals surface area (Å²) in [5.41, 5.74) is 1.50. The molecule has 0 radical (unpaired) electrons. The molecule has 0 bridgehead atoms. The monoisotopic (exact) mass is 195 g/mol. The second-order valence-corrected chi connectivity index (χ2v) is 4.53. The van der Waals surface area contributed by atoms with Gasteiger partial charge in [0.1, 0.15) is 0 Å². The summed E-state index contributed by atoms with van der Waals surface area (Å²) in [6.07, 6.45) is 4.01. The van der Waals surface area contributed by atoms with E-state index in [2.05, 4.69) is 42.2 Å². The third kappa shape index (κ3) is 3.52. The number of aromatic nitrogens is 1. The minimum absolute atomic E-state index is 0.172. The highest BCUT2D eigenvalue weighted by atomic mass is 15.1. The van der Waals surface area contributed by atoms with E-state index in [1.807, 2.05) is 19.4 Å². The van der Waals surface area contributed by atoms with Gasteiger partial charge >= 0.3 is 0 Å². The first-order valence-corrected chi connectivity index (χ1v) is 5.02. The molecule has 14 heavy (non-hydrogen) atoms. The van der Waals surface area contributed by atoms with E-state index in [0.29, 0.717) is 0 Å². The minimum Gasteiger partial charge on any atom is -0.367 e. The fourth-order valence-corrected chi connectivity index (χ4v) is 1.58. The largest absolute Gasteiger partial charge is 0.367 e. The van der Waals surface area contributed by atoms with Gasteiger partial charge in [-0.25, -0.2) is 0 Å². The lowest BCUT2D eigenvalue weighted by molar-refractivity contribution is 0.238. The van der Waals surface area contributed by atoms with Gasteiger partial charge in [-0.2, -0.15) is 0 Å². The summed E-state index contributed by atoms with van der Waals surface area (Å²) in [5, 5.41) is 3.30. The fourth-order valence-electron chi connectivity index (χ4n) is 1.58. The van der Waals surface area contributed by atoms with Crippen molar-refractivity contribution in [2.75, 3.05) is 20.6 Å². The van der Waals surface area contributed by atoms with Crippen molar-refractivity contribution in [3.8, 4) is 0 Å². The highest BCUT2D eigenvalue weighted by Gasteiger charge is 2.16. The summed E-state index contributed by atoms with van der Waals surface area (Å²) in [6.45, 7) is 6.45. The third-order valence-electron chi connectivity index (χ3n) is 2.46. The van der Waals surface area contributed by atoms with Crippen LogP contribution in [0.2, 0.25) is 0 Å². The predicted molar refractivity (Wildman–Crippen MR) is 60.3 cm³/mol. The number of rotatable bonds is 5. The molecule has 1 heterocycles. The van der Waals surface area contributed by atoms with Gasteiger partial charge in [0.2, 0.25) is 0 Å². The Balaban J connectivity index is 2.40. The van der Waals surface area contributed by atoms with E-state index in [9.17, 15) is 0 Å². The van der Waals surface area contributed by atoms with Crippen molar-refractivity contribution in [3.05, 3.63) is 24.0 Å². The first-order chi connectivity index (χ1) is 6.53. The zero-order valence-corrected chi connectivity index (χ0v) is 9.59. The summed E-state index contributed by atoms with van der Waals surface area (Å²) in [5.74, 6) is 0. The van der Waals surface area contributed by atoms with Crippen LogP contribution in [0.25, 0.3) is 0 Å². The molecule has 0 aromatic carbocycles. The van der Waals surface area contributed by atoms with E-state index in [4.69, 9.17) is 0 Å². The maximum Gasteiger partial charge on any atom is 0.0249 e. The van der Waals surface area contributed by atoms with Crippen LogP contribution in [0.5, 0.6) is 0 Å². The van der Waals surface area contributed by atoms with Gasteiger partial charge in [-0.05, 0) is 39.6 Å². The lowest BCUT2D eigenvalue weighted by Gasteiger charge is -2.29. The van der Waals surface area contributed by atoms with Crippen LogP contribution in [0, 0.1) is 0 Å². The number of hydrogen-bond acceptors (Lipinski definition) is 2. The number of hydrogen-bond donors (Lipinski definition) is 2. The van der Waals surface area contributed by atoms with Gasteiger partial charge in [-0.1, -0.05) is 0 Å². The van der Waals surface area contributed by atoms with E-state index >= 15 is 0 Å². The van der Waals surface area contributed by atoms with Crippen molar-refractivity contribution in [1.82, 2.24) is 15.2 Å². The van der Waals surface area contributed by atoms with Crippen molar-refractivity contribution < 1.29 is 0 Å². The maximum absolute atomic E-state index is 3.30. The molecule has 0 aliphatic heterocycles. The van der Waals surface area contributed by atoms with Crippen LogP contribution in [0.4, 0.5) is 0 Å².